The Balaban J connectivity index is 1.97. The zero-order valence-corrected chi connectivity index (χ0v) is 13.9. The monoisotopic (exact) mass is 301 g/mol. The predicted molar refractivity (Wildman–Crippen MR) is 89.6 cm³/mol. The van der Waals surface area contributed by atoms with Crippen LogP contribution in [0.15, 0.2) is 30.3 Å². The van der Waals surface area contributed by atoms with Crippen molar-refractivity contribution in [1.29, 1.82) is 0 Å². The van der Waals surface area contributed by atoms with E-state index in [-0.39, 0.29) is 22.9 Å². The molecule has 1 aromatic rings. The Morgan fingerprint density at radius 3 is 2.43 bits per heavy atom. The van der Waals surface area contributed by atoms with Gasteiger partial charge in [-0.25, -0.2) is 7.14 Å². The molecular formula is C17H23BO2P. The van der Waals surface area contributed by atoms with Gasteiger partial charge in [0.1, 0.15) is 0 Å². The molecule has 111 valence electrons. The number of aliphatic carboxylic acids is 1. The van der Waals surface area contributed by atoms with Gasteiger partial charge in [-0.1, -0.05) is 32.0 Å². The van der Waals surface area contributed by atoms with Crippen LogP contribution in [-0.2, 0) is 4.79 Å². The molecule has 0 spiro atoms. The van der Waals surface area contributed by atoms with E-state index < -0.39 is 13.1 Å². The second-order valence-corrected chi connectivity index (χ2v) is 11.0. The molecular weight excluding hydrogens is 278 g/mol. The van der Waals surface area contributed by atoms with Crippen molar-refractivity contribution < 1.29 is 9.90 Å². The standard InChI is InChI=1S/C17H22BO2P/c1-17(2)11-9-13(17)15(16(19)20)14(10-11)21(3,18)12-7-5-4-6-8-12/h4-8,11,13-15H,9-10H2,1-3H3/q-1/p+1/t11-,13+,14+,15+,21?/m1/s1. The van der Waals surface area contributed by atoms with E-state index in [2.05, 4.69) is 32.6 Å². The summed E-state index contributed by atoms with van der Waals surface area (Å²) in [6.07, 6.45) is 2.03. The summed E-state index contributed by atoms with van der Waals surface area (Å²) in [5.74, 6) is -0.0163. The third-order valence-electron chi connectivity index (χ3n) is 6.21. The van der Waals surface area contributed by atoms with Gasteiger partial charge >= 0.3 is 5.97 Å². The van der Waals surface area contributed by atoms with Gasteiger partial charge in [-0.15, -0.1) is 0 Å². The fraction of sp³-hybridized carbons (Fsp3) is 0.588. The minimum atomic E-state index is -1.92. The molecule has 0 aromatic heterocycles. The average molecular weight is 301 g/mol. The Bertz CT molecular complexity index is 555. The molecule has 0 amide bonds. The molecule has 4 rings (SSSR count). The molecule has 5 atom stereocenters. The largest absolute Gasteiger partial charge is 0.481 e. The second kappa shape index (κ2) is 4.85. The van der Waals surface area contributed by atoms with Crippen molar-refractivity contribution in [3.63, 3.8) is 0 Å². The fourth-order valence-electron chi connectivity index (χ4n) is 4.60. The first kappa shape index (κ1) is 15.1. The minimum absolute atomic E-state index is 0.120. The molecule has 2 nitrogen and oxygen atoms in total. The van der Waals surface area contributed by atoms with Crippen molar-refractivity contribution in [2.75, 3.05) is 6.66 Å². The maximum absolute atomic E-state index is 11.9. The van der Waals surface area contributed by atoms with Gasteiger partial charge < -0.3 is 5.11 Å². The molecule has 1 unspecified atom stereocenters. The lowest BCUT2D eigenvalue weighted by Gasteiger charge is -2.64. The minimum Gasteiger partial charge on any atom is -0.481 e. The number of carboxylic acid groups (broad SMARTS) is 1. The molecule has 3 aliphatic carbocycles. The van der Waals surface area contributed by atoms with Gasteiger partial charge in [0.25, 0.3) is 0 Å². The van der Waals surface area contributed by atoms with Crippen LogP contribution in [0.2, 0.25) is 0 Å². The topological polar surface area (TPSA) is 37.3 Å². The summed E-state index contributed by atoms with van der Waals surface area (Å²) in [4.78, 5) is 11.9. The Morgan fingerprint density at radius 1 is 1.29 bits per heavy atom. The van der Waals surface area contributed by atoms with Crippen LogP contribution in [-0.4, -0.2) is 31.0 Å². The van der Waals surface area contributed by atoms with E-state index >= 15 is 0 Å². The van der Waals surface area contributed by atoms with Crippen LogP contribution in [0.4, 0.5) is 0 Å². The van der Waals surface area contributed by atoms with Gasteiger partial charge in [-0.05, 0) is 42.2 Å². The van der Waals surface area contributed by atoms with Gasteiger partial charge in [0, 0.05) is 17.6 Å². The molecule has 3 radical (unpaired) electrons. The van der Waals surface area contributed by atoms with Gasteiger partial charge in [0.15, 0.2) is 0 Å². The molecule has 4 heteroatoms. The lowest BCUT2D eigenvalue weighted by molar-refractivity contribution is -0.163. The lowest BCUT2D eigenvalue weighted by atomic mass is 9.45. The summed E-state index contributed by atoms with van der Waals surface area (Å²) in [5, 5.41) is 11.0. The molecule has 0 aliphatic heterocycles. The number of rotatable bonds is 3. The first-order valence-corrected chi connectivity index (χ1v) is 10.1. The zero-order valence-electron chi connectivity index (χ0n) is 13.0. The van der Waals surface area contributed by atoms with Crippen molar-refractivity contribution >= 4 is 26.0 Å². The van der Waals surface area contributed by atoms with Crippen LogP contribution < -0.4 is 5.30 Å². The number of carboxylic acids is 1. The fourth-order valence-corrected chi connectivity index (χ4v) is 7.49. The summed E-state index contributed by atoms with van der Waals surface area (Å²) in [5.41, 5.74) is 0.283. The molecule has 1 aromatic carbocycles. The highest BCUT2D eigenvalue weighted by Crippen LogP contribution is 2.70. The SMILES string of the molecule is [B-][P+](C)(c1ccccc1)[C@H]1C[C@H]2C[C@@H]([C@@H]1C(=O)O)C2(C)C. The molecule has 1 N–H and O–H groups in total. The first-order chi connectivity index (χ1) is 9.76. The molecule has 21 heavy (non-hydrogen) atoms. The van der Waals surface area contributed by atoms with E-state index in [9.17, 15) is 9.90 Å². The normalized spacial score (nSPS) is 36.4. The van der Waals surface area contributed by atoms with Crippen molar-refractivity contribution in [2.24, 2.45) is 23.2 Å². The molecule has 0 saturated heterocycles. The Labute approximate surface area is 129 Å². The van der Waals surface area contributed by atoms with Gasteiger partial charge in [-0.3, -0.25) is 12.4 Å². The van der Waals surface area contributed by atoms with E-state index in [1.54, 1.807) is 0 Å². The van der Waals surface area contributed by atoms with E-state index in [4.69, 9.17) is 7.57 Å². The van der Waals surface area contributed by atoms with Crippen molar-refractivity contribution in [2.45, 2.75) is 32.3 Å². The van der Waals surface area contributed by atoms with Gasteiger partial charge in [0.05, 0.1) is 5.92 Å². The zero-order chi connectivity index (χ0) is 15.4. The van der Waals surface area contributed by atoms with E-state index in [0.29, 0.717) is 5.92 Å². The molecule has 2 bridgehead atoms. The van der Waals surface area contributed by atoms with Crippen LogP contribution in [0.3, 0.4) is 0 Å². The maximum atomic E-state index is 11.9. The number of hydrogen-bond acceptors (Lipinski definition) is 1. The van der Waals surface area contributed by atoms with Crippen molar-refractivity contribution in [3.8, 4) is 0 Å². The highest BCUT2D eigenvalue weighted by molar-refractivity contribution is 8.03. The van der Waals surface area contributed by atoms with Crippen molar-refractivity contribution in [1.82, 2.24) is 0 Å². The van der Waals surface area contributed by atoms with Crippen LogP contribution in [0, 0.1) is 23.2 Å². The molecule has 3 fully saturated rings. The van der Waals surface area contributed by atoms with E-state index in [1.165, 1.54) is 0 Å². The third kappa shape index (κ3) is 2.16. The van der Waals surface area contributed by atoms with E-state index in [1.807, 2.05) is 18.2 Å². The summed E-state index contributed by atoms with van der Waals surface area (Å²) in [6, 6.07) is 10.1. The van der Waals surface area contributed by atoms with Crippen LogP contribution in [0.5, 0.6) is 0 Å². The van der Waals surface area contributed by atoms with Crippen LogP contribution in [0.1, 0.15) is 26.7 Å². The average Bonchev–Trinajstić information content (AvgIpc) is 2.47. The third-order valence-corrected chi connectivity index (χ3v) is 9.53. The lowest BCUT2D eigenvalue weighted by Crippen LogP contribution is -2.60. The molecule has 3 saturated carbocycles. The first-order valence-electron chi connectivity index (χ1n) is 7.69. The predicted octanol–water partition coefficient (Wildman–Crippen LogP) is 3.18. The highest BCUT2D eigenvalue weighted by Gasteiger charge is 2.62. The van der Waals surface area contributed by atoms with Crippen LogP contribution >= 0.6 is 7.14 Å². The van der Waals surface area contributed by atoms with Crippen LogP contribution in [0.25, 0.3) is 0 Å². The molecule has 0 heterocycles. The highest BCUT2D eigenvalue weighted by atomic mass is 31.2. The number of benzene rings is 1. The Kier molecular flexibility index (Phi) is 3.48. The van der Waals surface area contributed by atoms with Crippen molar-refractivity contribution in [3.05, 3.63) is 30.3 Å². The summed E-state index contributed by atoms with van der Waals surface area (Å²) in [6.45, 7) is 6.57. The number of carbonyl (C=O) groups is 1. The Morgan fingerprint density at radius 2 is 1.90 bits per heavy atom. The smallest absolute Gasteiger partial charge is 0.310 e. The number of hydrogen-bond donors (Lipinski definition) is 1. The van der Waals surface area contributed by atoms with Gasteiger partial charge in [0.2, 0.25) is 0 Å². The summed E-state index contributed by atoms with van der Waals surface area (Å²) in [7, 11) is 4.84. The second-order valence-electron chi connectivity index (χ2n) is 7.51. The maximum Gasteiger partial charge on any atom is 0.310 e. The van der Waals surface area contributed by atoms with Gasteiger partial charge in [-0.2, -0.15) is 0 Å². The van der Waals surface area contributed by atoms with E-state index in [0.717, 1.165) is 18.1 Å². The summed E-state index contributed by atoms with van der Waals surface area (Å²) >= 11 is 0. The quantitative estimate of drug-likeness (QED) is 0.688. The Hall–Kier alpha value is -0.815. The number of fused-ring (bicyclic) bond motifs is 2. The molecule has 3 aliphatic rings. The summed E-state index contributed by atoms with van der Waals surface area (Å²) < 4.78 is 0.